The smallest absolute Gasteiger partial charge is 0.313 e. The van der Waals surface area contributed by atoms with E-state index in [0.717, 1.165) is 6.07 Å². The Labute approximate surface area is 90.8 Å². The number of esters is 1. The number of hydrogen-bond acceptors (Lipinski definition) is 2. The van der Waals surface area contributed by atoms with Gasteiger partial charge in [0.2, 0.25) is 0 Å². The molecule has 0 saturated carbocycles. The molecule has 0 heterocycles. The van der Waals surface area contributed by atoms with Crippen LogP contribution in [0.15, 0.2) is 12.1 Å². The van der Waals surface area contributed by atoms with Crippen LogP contribution in [0.5, 0.6) is 0 Å². The summed E-state index contributed by atoms with van der Waals surface area (Å²) in [6.45, 7) is 1.40. The van der Waals surface area contributed by atoms with Crippen molar-refractivity contribution in [2.45, 2.75) is 12.8 Å². The van der Waals surface area contributed by atoms with Crippen molar-refractivity contribution in [2.24, 2.45) is 0 Å². The van der Waals surface area contributed by atoms with Gasteiger partial charge in [-0.05, 0) is 19.1 Å². The molecule has 1 atom stereocenters. The van der Waals surface area contributed by atoms with E-state index in [-0.39, 0.29) is 10.6 Å². The highest BCUT2D eigenvalue weighted by molar-refractivity contribution is 6.31. The molecular weight excluding hydrogens is 226 g/mol. The first kappa shape index (κ1) is 11.9. The number of ether oxygens (including phenoxy) is 1. The lowest BCUT2D eigenvalue weighted by Gasteiger charge is -2.12. The van der Waals surface area contributed by atoms with Crippen LogP contribution in [-0.2, 0) is 9.53 Å². The zero-order chi connectivity index (χ0) is 11.6. The topological polar surface area (TPSA) is 26.3 Å². The first-order valence-corrected chi connectivity index (χ1v) is 4.58. The van der Waals surface area contributed by atoms with Gasteiger partial charge in [0.05, 0.1) is 13.0 Å². The molecule has 0 aromatic heterocycles. The minimum Gasteiger partial charge on any atom is -0.469 e. The third-order valence-electron chi connectivity index (χ3n) is 2.07. The molecule has 0 spiro atoms. The first-order chi connectivity index (χ1) is 6.99. The van der Waals surface area contributed by atoms with E-state index in [1.807, 2.05) is 0 Å². The van der Waals surface area contributed by atoms with Crippen LogP contribution in [0.4, 0.5) is 8.78 Å². The van der Waals surface area contributed by atoms with E-state index in [1.165, 1.54) is 20.1 Å². The predicted octanol–water partition coefficient (Wildman–Crippen LogP) is 2.89. The molecule has 15 heavy (non-hydrogen) atoms. The average Bonchev–Trinajstić information content (AvgIpc) is 2.22. The van der Waals surface area contributed by atoms with Gasteiger partial charge in [-0.25, -0.2) is 8.78 Å². The number of carbonyl (C=O) groups is 1. The summed E-state index contributed by atoms with van der Waals surface area (Å²) >= 11 is 5.68. The zero-order valence-corrected chi connectivity index (χ0v) is 8.94. The van der Waals surface area contributed by atoms with E-state index >= 15 is 0 Å². The molecule has 1 unspecified atom stereocenters. The van der Waals surface area contributed by atoms with Crippen molar-refractivity contribution in [1.82, 2.24) is 0 Å². The highest BCUT2D eigenvalue weighted by Gasteiger charge is 2.24. The monoisotopic (exact) mass is 234 g/mol. The number of halogens is 3. The first-order valence-electron chi connectivity index (χ1n) is 4.20. The van der Waals surface area contributed by atoms with Crippen LogP contribution in [0, 0.1) is 11.6 Å². The van der Waals surface area contributed by atoms with Crippen LogP contribution in [0.25, 0.3) is 0 Å². The number of rotatable bonds is 2. The van der Waals surface area contributed by atoms with Gasteiger partial charge in [0, 0.05) is 10.6 Å². The highest BCUT2D eigenvalue weighted by Crippen LogP contribution is 2.29. The Hall–Kier alpha value is -1.16. The standard InChI is InChI=1S/C10H9ClF2O2/c1-5(10(14)15-2)8-6(11)3-4-7(12)9(8)13/h3-5H,1-2H3. The molecule has 0 aliphatic heterocycles. The van der Waals surface area contributed by atoms with Gasteiger partial charge in [-0.3, -0.25) is 4.79 Å². The quantitative estimate of drug-likeness (QED) is 0.581. The van der Waals surface area contributed by atoms with Crippen molar-refractivity contribution < 1.29 is 18.3 Å². The maximum atomic E-state index is 13.3. The van der Waals surface area contributed by atoms with Crippen LogP contribution < -0.4 is 0 Å². The van der Waals surface area contributed by atoms with E-state index in [0.29, 0.717) is 0 Å². The van der Waals surface area contributed by atoms with Crippen LogP contribution in [0.1, 0.15) is 18.4 Å². The Morgan fingerprint density at radius 2 is 2.07 bits per heavy atom. The Morgan fingerprint density at radius 3 is 2.60 bits per heavy atom. The molecular formula is C10H9ClF2O2. The Balaban J connectivity index is 3.24. The largest absolute Gasteiger partial charge is 0.469 e. The molecule has 0 N–H and O–H groups in total. The molecule has 0 amide bonds. The SMILES string of the molecule is COC(=O)C(C)c1c(Cl)ccc(F)c1F. The third-order valence-corrected chi connectivity index (χ3v) is 2.40. The van der Waals surface area contributed by atoms with Gasteiger partial charge in [0.1, 0.15) is 0 Å². The minimum absolute atomic E-state index is 0.00630. The molecule has 82 valence electrons. The average molecular weight is 235 g/mol. The van der Waals surface area contributed by atoms with Gasteiger partial charge < -0.3 is 4.74 Å². The summed E-state index contributed by atoms with van der Waals surface area (Å²) < 4.78 is 30.7. The van der Waals surface area contributed by atoms with E-state index in [1.54, 1.807) is 0 Å². The molecule has 0 bridgehead atoms. The van der Waals surface area contributed by atoms with E-state index in [4.69, 9.17) is 11.6 Å². The molecule has 2 nitrogen and oxygen atoms in total. The molecule has 1 aromatic carbocycles. The van der Waals surface area contributed by atoms with Crippen LogP contribution in [0.3, 0.4) is 0 Å². The second-order valence-electron chi connectivity index (χ2n) is 3.00. The number of carbonyl (C=O) groups excluding carboxylic acids is 1. The summed E-state index contributed by atoms with van der Waals surface area (Å²) in [4.78, 5) is 11.2. The number of methoxy groups -OCH3 is 1. The summed E-state index contributed by atoms with van der Waals surface area (Å²) in [5.74, 6) is -3.75. The maximum absolute atomic E-state index is 13.3. The summed E-state index contributed by atoms with van der Waals surface area (Å²) in [6.07, 6.45) is 0. The van der Waals surface area contributed by atoms with Gasteiger partial charge in [-0.15, -0.1) is 0 Å². The minimum atomic E-state index is -1.11. The molecule has 0 aliphatic carbocycles. The van der Waals surface area contributed by atoms with E-state index in [2.05, 4.69) is 4.74 Å². The molecule has 1 aromatic rings. The summed E-state index contributed by atoms with van der Waals surface area (Å²) in [6, 6.07) is 2.11. The van der Waals surface area contributed by atoms with E-state index < -0.39 is 23.5 Å². The van der Waals surface area contributed by atoms with Crippen molar-refractivity contribution in [2.75, 3.05) is 7.11 Å². The summed E-state index contributed by atoms with van der Waals surface area (Å²) in [5.41, 5.74) is -0.177. The second-order valence-corrected chi connectivity index (χ2v) is 3.41. The fourth-order valence-corrected chi connectivity index (χ4v) is 1.54. The highest BCUT2D eigenvalue weighted by atomic mass is 35.5. The van der Waals surface area contributed by atoms with Gasteiger partial charge >= 0.3 is 5.97 Å². The summed E-state index contributed by atoms with van der Waals surface area (Å²) in [5, 5.41) is 0.00630. The van der Waals surface area contributed by atoms with Crippen molar-refractivity contribution in [3.63, 3.8) is 0 Å². The van der Waals surface area contributed by atoms with Gasteiger partial charge in [0.15, 0.2) is 11.6 Å². The van der Waals surface area contributed by atoms with E-state index in [9.17, 15) is 13.6 Å². The van der Waals surface area contributed by atoms with Crippen molar-refractivity contribution in [3.8, 4) is 0 Å². The van der Waals surface area contributed by atoms with Crippen LogP contribution in [0.2, 0.25) is 5.02 Å². The van der Waals surface area contributed by atoms with Crippen LogP contribution in [-0.4, -0.2) is 13.1 Å². The molecule has 0 fully saturated rings. The zero-order valence-electron chi connectivity index (χ0n) is 8.18. The Bertz CT molecular complexity index is 393. The molecule has 1 rings (SSSR count). The van der Waals surface area contributed by atoms with Gasteiger partial charge in [-0.2, -0.15) is 0 Å². The van der Waals surface area contributed by atoms with Gasteiger partial charge in [-0.1, -0.05) is 11.6 Å². The van der Waals surface area contributed by atoms with Gasteiger partial charge in [0.25, 0.3) is 0 Å². The normalized spacial score (nSPS) is 12.3. The van der Waals surface area contributed by atoms with Crippen molar-refractivity contribution >= 4 is 17.6 Å². The molecule has 0 saturated heterocycles. The third kappa shape index (κ3) is 2.26. The number of hydrogen-bond donors (Lipinski definition) is 0. The maximum Gasteiger partial charge on any atom is 0.313 e. The van der Waals surface area contributed by atoms with Crippen molar-refractivity contribution in [1.29, 1.82) is 0 Å². The lowest BCUT2D eigenvalue weighted by atomic mass is 10.0. The predicted molar refractivity (Wildman–Crippen MR) is 51.8 cm³/mol. The fraction of sp³-hybridized carbons (Fsp3) is 0.300. The van der Waals surface area contributed by atoms with Crippen LogP contribution >= 0.6 is 11.6 Å². The fourth-order valence-electron chi connectivity index (χ4n) is 1.23. The lowest BCUT2D eigenvalue weighted by Crippen LogP contribution is -2.13. The molecule has 0 radical (unpaired) electrons. The molecule has 0 aliphatic rings. The second kappa shape index (κ2) is 4.57. The lowest BCUT2D eigenvalue weighted by molar-refractivity contribution is -0.142. The van der Waals surface area contributed by atoms with Crippen molar-refractivity contribution in [3.05, 3.63) is 34.4 Å². The summed E-state index contributed by atoms with van der Waals surface area (Å²) in [7, 11) is 1.17. The Kier molecular flexibility index (Phi) is 3.63. The molecule has 5 heteroatoms. The number of benzene rings is 1. The Morgan fingerprint density at radius 1 is 1.47 bits per heavy atom.